The van der Waals surface area contributed by atoms with Gasteiger partial charge in [-0.15, -0.1) is 0 Å². The van der Waals surface area contributed by atoms with Crippen LogP contribution in [0, 0.1) is 11.6 Å². The molecule has 0 saturated heterocycles. The van der Waals surface area contributed by atoms with Crippen LogP contribution in [0.3, 0.4) is 0 Å². The maximum Gasteiger partial charge on any atom is 0.256 e. The molecular weight excluding hydrogens is 468 g/mol. The molecule has 8 nitrogen and oxygen atoms in total. The van der Waals surface area contributed by atoms with Gasteiger partial charge in [0.1, 0.15) is 11.4 Å². The number of nitrogens with zero attached hydrogens (tertiary/aromatic N) is 1. The van der Waals surface area contributed by atoms with Gasteiger partial charge >= 0.3 is 0 Å². The summed E-state index contributed by atoms with van der Waals surface area (Å²) in [7, 11) is 0. The highest BCUT2D eigenvalue weighted by molar-refractivity contribution is 6.08. The Morgan fingerprint density at radius 1 is 0.917 bits per heavy atom. The van der Waals surface area contributed by atoms with Crippen LogP contribution in [0.15, 0.2) is 76.3 Å². The first kappa shape index (κ1) is 22.9. The van der Waals surface area contributed by atoms with E-state index in [1.807, 2.05) is 6.07 Å². The van der Waals surface area contributed by atoms with E-state index in [0.717, 1.165) is 6.07 Å². The molecule has 0 aliphatic rings. The molecule has 1 amide bonds. The molecule has 0 spiro atoms. The molecule has 1 heterocycles. The lowest BCUT2D eigenvalue weighted by atomic mass is 10.1. The van der Waals surface area contributed by atoms with Crippen LogP contribution >= 0.6 is 0 Å². The second kappa shape index (κ2) is 9.41. The van der Waals surface area contributed by atoms with Gasteiger partial charge in [0.25, 0.3) is 16.8 Å². The number of hydrogen-bond acceptors (Lipinski definition) is 6. The molecule has 4 N–H and O–H groups in total. The Morgan fingerprint density at radius 3 is 2.50 bits per heavy atom. The number of anilines is 4. The Hall–Kier alpha value is -4.86. The fraction of sp³-hybridized carbons (Fsp3) is 0.0769. The first-order valence-electron chi connectivity index (χ1n) is 11.0. The van der Waals surface area contributed by atoms with Crippen molar-refractivity contribution in [1.82, 2.24) is 10.2 Å². The van der Waals surface area contributed by atoms with E-state index in [-0.39, 0.29) is 35.8 Å². The summed E-state index contributed by atoms with van der Waals surface area (Å²) in [5.74, 6) is -1.90. The summed E-state index contributed by atoms with van der Waals surface area (Å²) in [4.78, 5) is 36.8. The van der Waals surface area contributed by atoms with Crippen LogP contribution < -0.4 is 26.8 Å². The molecular formula is C26H19F2N5O3. The molecule has 36 heavy (non-hydrogen) atoms. The number of fused-ring (bicyclic) bond motifs is 1. The monoisotopic (exact) mass is 487 g/mol. The summed E-state index contributed by atoms with van der Waals surface area (Å²) in [6, 6.07) is 17.6. The molecule has 5 aromatic rings. The SMILES string of the molecule is O=C(Nc1n[nH]c2ccc(Nc3c(NCCc4cccc(F)c4F)c(=O)c3=O)cc12)c1ccccc1. The van der Waals surface area contributed by atoms with Crippen LogP contribution in [0.25, 0.3) is 10.9 Å². The van der Waals surface area contributed by atoms with Crippen molar-refractivity contribution in [2.45, 2.75) is 6.42 Å². The molecule has 0 bridgehead atoms. The number of nitrogens with one attached hydrogen (secondary N) is 4. The van der Waals surface area contributed by atoms with Crippen molar-refractivity contribution in [3.05, 3.63) is 110 Å². The second-order valence-corrected chi connectivity index (χ2v) is 8.08. The number of aromatic nitrogens is 2. The van der Waals surface area contributed by atoms with E-state index >= 15 is 0 Å². The first-order valence-corrected chi connectivity index (χ1v) is 11.0. The van der Waals surface area contributed by atoms with Gasteiger partial charge in [-0.05, 0) is 48.4 Å². The summed E-state index contributed by atoms with van der Waals surface area (Å²) in [5.41, 5.74) is 0.525. The van der Waals surface area contributed by atoms with Gasteiger partial charge in [-0.25, -0.2) is 8.78 Å². The summed E-state index contributed by atoms with van der Waals surface area (Å²) in [5, 5.41) is 16.1. The molecule has 0 atom stereocenters. The molecule has 0 fully saturated rings. The number of rotatable bonds is 8. The minimum absolute atomic E-state index is 0.0671. The number of carbonyl (C=O) groups is 1. The molecule has 180 valence electrons. The summed E-state index contributed by atoms with van der Waals surface area (Å²) in [6.07, 6.45) is 0.118. The minimum Gasteiger partial charge on any atom is -0.380 e. The molecule has 5 rings (SSSR count). The summed E-state index contributed by atoms with van der Waals surface area (Å²) < 4.78 is 27.2. The number of halogens is 2. The van der Waals surface area contributed by atoms with Gasteiger partial charge in [0.05, 0.1) is 5.52 Å². The molecule has 0 unspecified atom stereocenters. The number of hydrogen-bond donors (Lipinski definition) is 4. The second-order valence-electron chi connectivity index (χ2n) is 8.08. The Kier molecular flexibility index (Phi) is 5.99. The third-order valence-electron chi connectivity index (χ3n) is 5.74. The van der Waals surface area contributed by atoms with Gasteiger partial charge in [-0.3, -0.25) is 19.5 Å². The van der Waals surface area contributed by atoms with E-state index in [4.69, 9.17) is 0 Å². The number of carbonyl (C=O) groups excluding carboxylic acids is 1. The molecule has 0 radical (unpaired) electrons. The highest BCUT2D eigenvalue weighted by atomic mass is 19.2. The maximum absolute atomic E-state index is 13.9. The average Bonchev–Trinajstić information content (AvgIpc) is 3.30. The lowest BCUT2D eigenvalue weighted by Crippen LogP contribution is -2.37. The third kappa shape index (κ3) is 4.31. The van der Waals surface area contributed by atoms with Crippen molar-refractivity contribution in [1.29, 1.82) is 0 Å². The van der Waals surface area contributed by atoms with Gasteiger partial charge in [-0.2, -0.15) is 5.10 Å². The molecule has 0 aliphatic carbocycles. The number of benzene rings is 3. The van der Waals surface area contributed by atoms with Gasteiger partial charge in [0.2, 0.25) is 0 Å². The van der Waals surface area contributed by atoms with Gasteiger partial charge in [-0.1, -0.05) is 30.3 Å². The fourth-order valence-electron chi connectivity index (χ4n) is 3.84. The molecule has 1 aromatic heterocycles. The van der Waals surface area contributed by atoms with Crippen molar-refractivity contribution < 1.29 is 13.6 Å². The van der Waals surface area contributed by atoms with Crippen molar-refractivity contribution in [3.63, 3.8) is 0 Å². The standard InChI is InChI=1S/C26H19F2N5O3/c27-18-8-4-7-14(20(18)28)11-12-29-21-22(24(35)23(21)34)30-16-9-10-19-17(13-16)25(33-32-19)31-26(36)15-5-2-1-3-6-15/h1-10,13,29-30H,11-12H2,(H2,31,32,33,36). The quantitative estimate of drug-likeness (QED) is 0.245. The Bertz CT molecular complexity index is 1660. The Morgan fingerprint density at radius 2 is 1.69 bits per heavy atom. The largest absolute Gasteiger partial charge is 0.380 e. The maximum atomic E-state index is 13.9. The van der Waals surface area contributed by atoms with Gasteiger partial charge in [0.15, 0.2) is 17.5 Å². The zero-order chi connectivity index (χ0) is 25.2. The van der Waals surface area contributed by atoms with Crippen molar-refractivity contribution in [3.8, 4) is 0 Å². The van der Waals surface area contributed by atoms with Crippen molar-refractivity contribution >= 4 is 39.7 Å². The van der Waals surface area contributed by atoms with Crippen LogP contribution in [-0.2, 0) is 6.42 Å². The lowest BCUT2D eigenvalue weighted by Gasteiger charge is -2.15. The number of amides is 1. The summed E-state index contributed by atoms with van der Waals surface area (Å²) in [6.45, 7) is 0.121. The summed E-state index contributed by atoms with van der Waals surface area (Å²) >= 11 is 0. The van der Waals surface area contributed by atoms with E-state index in [1.165, 1.54) is 12.1 Å². The minimum atomic E-state index is -0.946. The highest BCUT2D eigenvalue weighted by Gasteiger charge is 2.21. The smallest absolute Gasteiger partial charge is 0.256 e. The van der Waals surface area contributed by atoms with E-state index in [2.05, 4.69) is 26.1 Å². The highest BCUT2D eigenvalue weighted by Crippen LogP contribution is 2.27. The zero-order valence-corrected chi connectivity index (χ0v) is 18.7. The zero-order valence-electron chi connectivity index (χ0n) is 18.7. The van der Waals surface area contributed by atoms with Gasteiger partial charge < -0.3 is 16.0 Å². The van der Waals surface area contributed by atoms with E-state index in [1.54, 1.807) is 42.5 Å². The van der Waals surface area contributed by atoms with Crippen LogP contribution in [0.2, 0.25) is 0 Å². The molecule has 10 heteroatoms. The number of H-pyrrole nitrogens is 1. The van der Waals surface area contributed by atoms with E-state index in [9.17, 15) is 23.2 Å². The first-order chi connectivity index (χ1) is 17.4. The van der Waals surface area contributed by atoms with Crippen LogP contribution in [-0.4, -0.2) is 22.6 Å². The average molecular weight is 487 g/mol. The topological polar surface area (TPSA) is 116 Å². The molecule has 0 saturated carbocycles. The predicted octanol–water partition coefficient (Wildman–Crippen LogP) is 4.09. The lowest BCUT2D eigenvalue weighted by molar-refractivity contribution is 0.102. The van der Waals surface area contributed by atoms with E-state index in [0.29, 0.717) is 28.0 Å². The van der Waals surface area contributed by atoms with E-state index < -0.39 is 22.5 Å². The fourth-order valence-corrected chi connectivity index (χ4v) is 3.84. The van der Waals surface area contributed by atoms with Crippen molar-refractivity contribution in [2.24, 2.45) is 0 Å². The van der Waals surface area contributed by atoms with Crippen LogP contribution in [0.5, 0.6) is 0 Å². The van der Waals surface area contributed by atoms with Crippen molar-refractivity contribution in [2.75, 3.05) is 22.5 Å². The Balaban J connectivity index is 1.32. The Labute approximate surface area is 202 Å². The van der Waals surface area contributed by atoms with Gasteiger partial charge in [0, 0.05) is 23.2 Å². The van der Waals surface area contributed by atoms with Crippen LogP contribution in [0.4, 0.5) is 31.7 Å². The molecule has 4 aromatic carbocycles. The normalized spacial score (nSPS) is 11.1. The van der Waals surface area contributed by atoms with Crippen LogP contribution in [0.1, 0.15) is 15.9 Å². The predicted molar refractivity (Wildman–Crippen MR) is 134 cm³/mol. The molecule has 0 aliphatic heterocycles. The third-order valence-corrected chi connectivity index (χ3v) is 5.74. The number of aromatic amines is 1.